The molecule has 4 fully saturated rings. The Labute approximate surface area is 166 Å². The van der Waals surface area contributed by atoms with Crippen molar-refractivity contribution in [3.05, 3.63) is 11.8 Å². The molecule has 2 bridgehead atoms. The first-order valence-electron chi connectivity index (χ1n) is 10.7. The quantitative estimate of drug-likeness (QED) is 0.833. The fourth-order valence-electron chi connectivity index (χ4n) is 5.68. The number of ether oxygens (including phenoxy) is 1. The van der Waals surface area contributed by atoms with Crippen molar-refractivity contribution in [2.75, 3.05) is 43.5 Å². The van der Waals surface area contributed by atoms with E-state index in [1.165, 1.54) is 6.42 Å². The molecule has 3 aliphatic heterocycles. The van der Waals surface area contributed by atoms with Crippen molar-refractivity contribution in [1.82, 2.24) is 15.3 Å². The first kappa shape index (κ1) is 18.2. The fourth-order valence-corrected chi connectivity index (χ4v) is 5.68. The normalized spacial score (nSPS) is 33.7. The molecule has 0 unspecified atom stereocenters. The lowest BCUT2D eigenvalue weighted by Crippen LogP contribution is -2.44. The Morgan fingerprint density at radius 1 is 1.39 bits per heavy atom. The summed E-state index contributed by atoms with van der Waals surface area (Å²) in [4.78, 5) is 26.1. The predicted molar refractivity (Wildman–Crippen MR) is 107 cm³/mol. The smallest absolute Gasteiger partial charge is 0.227 e. The van der Waals surface area contributed by atoms with Crippen LogP contribution in [-0.4, -0.2) is 61.3 Å². The van der Waals surface area contributed by atoms with Gasteiger partial charge < -0.3 is 19.9 Å². The predicted octanol–water partition coefficient (Wildman–Crippen LogP) is 1.75. The average molecular weight is 386 g/mol. The van der Waals surface area contributed by atoms with Gasteiger partial charge in [-0.2, -0.15) is 4.98 Å². The molecule has 7 nitrogen and oxygen atoms in total. The summed E-state index contributed by atoms with van der Waals surface area (Å²) in [6.45, 7) is 4.56. The van der Waals surface area contributed by atoms with Crippen molar-refractivity contribution in [3.63, 3.8) is 0 Å². The van der Waals surface area contributed by atoms with Crippen molar-refractivity contribution in [3.8, 4) is 0 Å². The Kier molecular flexibility index (Phi) is 4.27. The standard InChI is InChI=1S/C21H31N5O2/c1-13-9-23-20(24-18(13)25(2)3)26-11-16-15(10-22-19(27)14-5-4-6-14)17-7-8-21(16,12-26)28-17/h9,14-17H,4-8,10-12H2,1-3H3,(H,22,27)/t15-,16+,17+,21+/m0/s1. The first-order chi connectivity index (χ1) is 13.5. The van der Waals surface area contributed by atoms with E-state index in [1.807, 2.05) is 32.1 Å². The number of amides is 1. The number of fused-ring (bicyclic) bond motifs is 1. The Morgan fingerprint density at radius 3 is 2.93 bits per heavy atom. The topological polar surface area (TPSA) is 70.6 Å². The summed E-state index contributed by atoms with van der Waals surface area (Å²) in [5, 5.41) is 3.23. The monoisotopic (exact) mass is 385 g/mol. The van der Waals surface area contributed by atoms with Gasteiger partial charge in [0.15, 0.2) is 0 Å². The van der Waals surface area contributed by atoms with E-state index < -0.39 is 0 Å². The summed E-state index contributed by atoms with van der Waals surface area (Å²) >= 11 is 0. The fraction of sp³-hybridized carbons (Fsp3) is 0.762. The van der Waals surface area contributed by atoms with E-state index in [4.69, 9.17) is 9.72 Å². The van der Waals surface area contributed by atoms with Gasteiger partial charge in [0, 0.05) is 56.7 Å². The van der Waals surface area contributed by atoms with Crippen LogP contribution < -0.4 is 15.1 Å². The van der Waals surface area contributed by atoms with Gasteiger partial charge in [0.05, 0.1) is 18.2 Å². The lowest BCUT2D eigenvalue weighted by Gasteiger charge is -2.30. The zero-order valence-corrected chi connectivity index (χ0v) is 17.1. The van der Waals surface area contributed by atoms with Crippen LogP contribution >= 0.6 is 0 Å². The second-order valence-electron chi connectivity index (χ2n) is 9.35. The molecule has 4 heterocycles. The molecule has 1 spiro atoms. The maximum Gasteiger partial charge on any atom is 0.227 e. The van der Waals surface area contributed by atoms with Crippen molar-refractivity contribution in [2.45, 2.75) is 50.7 Å². The van der Waals surface area contributed by atoms with Crippen molar-refractivity contribution in [1.29, 1.82) is 0 Å². The highest BCUT2D eigenvalue weighted by atomic mass is 16.5. The highest BCUT2D eigenvalue weighted by Gasteiger charge is 2.63. The van der Waals surface area contributed by atoms with E-state index in [0.29, 0.717) is 17.9 Å². The van der Waals surface area contributed by atoms with Crippen LogP contribution in [-0.2, 0) is 9.53 Å². The maximum atomic E-state index is 12.3. The van der Waals surface area contributed by atoms with Gasteiger partial charge in [0.1, 0.15) is 5.82 Å². The van der Waals surface area contributed by atoms with Gasteiger partial charge in [0.25, 0.3) is 0 Å². The van der Waals surface area contributed by atoms with E-state index in [1.54, 1.807) is 0 Å². The van der Waals surface area contributed by atoms with Crippen LogP contribution in [0.15, 0.2) is 6.20 Å². The molecule has 152 valence electrons. The molecular formula is C21H31N5O2. The van der Waals surface area contributed by atoms with Crippen LogP contribution in [0.25, 0.3) is 0 Å². The van der Waals surface area contributed by atoms with Crippen molar-refractivity contribution >= 4 is 17.7 Å². The molecule has 1 aliphatic carbocycles. The average Bonchev–Trinajstić information content (AvgIpc) is 3.26. The third-order valence-corrected chi connectivity index (χ3v) is 7.41. The number of carbonyl (C=O) groups excluding carboxylic acids is 1. The highest BCUT2D eigenvalue weighted by molar-refractivity contribution is 5.79. The molecule has 1 amide bonds. The second-order valence-corrected chi connectivity index (χ2v) is 9.35. The van der Waals surface area contributed by atoms with Crippen molar-refractivity contribution < 1.29 is 9.53 Å². The molecule has 28 heavy (non-hydrogen) atoms. The van der Waals surface area contributed by atoms with E-state index in [9.17, 15) is 4.79 Å². The number of hydrogen-bond donors (Lipinski definition) is 1. The maximum absolute atomic E-state index is 12.3. The number of rotatable bonds is 5. The number of anilines is 2. The zero-order valence-electron chi connectivity index (χ0n) is 17.1. The summed E-state index contributed by atoms with van der Waals surface area (Å²) in [6, 6.07) is 0. The summed E-state index contributed by atoms with van der Waals surface area (Å²) in [5.74, 6) is 3.10. The molecule has 4 atom stereocenters. The van der Waals surface area contributed by atoms with Crippen LogP contribution in [0.3, 0.4) is 0 Å². The summed E-state index contributed by atoms with van der Waals surface area (Å²) in [6.07, 6.45) is 7.72. The Bertz CT molecular complexity index is 780. The molecule has 0 aromatic carbocycles. The Morgan fingerprint density at radius 2 is 2.21 bits per heavy atom. The van der Waals surface area contributed by atoms with Gasteiger partial charge in [-0.1, -0.05) is 6.42 Å². The SMILES string of the molecule is Cc1cnc(N2C[C@@H]3[C@H](CNC(=O)C4CCC4)[C@H]4CC[C@]3(C2)O4)nc1N(C)C. The number of carbonyl (C=O) groups is 1. The van der Waals surface area contributed by atoms with Gasteiger partial charge in [-0.3, -0.25) is 4.79 Å². The number of aromatic nitrogens is 2. The molecule has 1 saturated carbocycles. The minimum absolute atomic E-state index is 0.0803. The minimum Gasteiger partial charge on any atom is -0.369 e. The van der Waals surface area contributed by atoms with Gasteiger partial charge >= 0.3 is 0 Å². The number of aryl methyl sites for hydroxylation is 1. The summed E-state index contributed by atoms with van der Waals surface area (Å²) in [5.41, 5.74) is 1.00. The van der Waals surface area contributed by atoms with E-state index >= 15 is 0 Å². The van der Waals surface area contributed by atoms with E-state index in [-0.39, 0.29) is 17.4 Å². The molecular weight excluding hydrogens is 354 g/mol. The van der Waals surface area contributed by atoms with Crippen LogP contribution in [0.4, 0.5) is 11.8 Å². The van der Waals surface area contributed by atoms with Crippen LogP contribution in [0.5, 0.6) is 0 Å². The molecule has 5 rings (SSSR count). The van der Waals surface area contributed by atoms with Gasteiger partial charge in [-0.15, -0.1) is 0 Å². The molecule has 0 radical (unpaired) electrons. The summed E-state index contributed by atoms with van der Waals surface area (Å²) in [7, 11) is 4.03. The number of hydrogen-bond acceptors (Lipinski definition) is 6. The van der Waals surface area contributed by atoms with Gasteiger partial charge in [-0.25, -0.2) is 4.98 Å². The zero-order chi connectivity index (χ0) is 19.5. The molecule has 7 heteroatoms. The second kappa shape index (κ2) is 6.58. The highest BCUT2D eigenvalue weighted by Crippen LogP contribution is 2.55. The van der Waals surface area contributed by atoms with Gasteiger partial charge in [0.2, 0.25) is 11.9 Å². The molecule has 1 aromatic heterocycles. The lowest BCUT2D eigenvalue weighted by atomic mass is 9.73. The van der Waals surface area contributed by atoms with Gasteiger partial charge in [-0.05, 0) is 32.6 Å². The Hall–Kier alpha value is -1.89. The summed E-state index contributed by atoms with van der Waals surface area (Å²) < 4.78 is 6.52. The minimum atomic E-state index is -0.0803. The van der Waals surface area contributed by atoms with E-state index in [0.717, 1.165) is 62.6 Å². The molecule has 1 N–H and O–H groups in total. The Balaban J connectivity index is 1.31. The van der Waals surface area contributed by atoms with Crippen LogP contribution in [0.1, 0.15) is 37.7 Å². The third kappa shape index (κ3) is 2.78. The van der Waals surface area contributed by atoms with Crippen LogP contribution in [0.2, 0.25) is 0 Å². The molecule has 3 saturated heterocycles. The third-order valence-electron chi connectivity index (χ3n) is 7.41. The molecule has 4 aliphatic rings. The van der Waals surface area contributed by atoms with Crippen LogP contribution in [0, 0.1) is 24.7 Å². The largest absolute Gasteiger partial charge is 0.369 e. The number of nitrogens with zero attached hydrogens (tertiary/aromatic N) is 4. The van der Waals surface area contributed by atoms with E-state index in [2.05, 4.69) is 15.2 Å². The first-order valence-corrected chi connectivity index (χ1v) is 10.7. The molecule has 1 aromatic rings. The van der Waals surface area contributed by atoms with Crippen molar-refractivity contribution in [2.24, 2.45) is 17.8 Å². The lowest BCUT2D eigenvalue weighted by molar-refractivity contribution is -0.127. The number of nitrogens with one attached hydrogen (secondary N) is 1.